The quantitative estimate of drug-likeness (QED) is 0.710. The Morgan fingerprint density at radius 2 is 2.33 bits per heavy atom. The van der Waals surface area contributed by atoms with Crippen molar-refractivity contribution < 1.29 is 4.74 Å². The lowest BCUT2D eigenvalue weighted by atomic mass is 10.1. The smallest absolute Gasteiger partial charge is 0.156 e. The first-order chi connectivity index (χ1) is 7.29. The lowest BCUT2D eigenvalue weighted by molar-refractivity contribution is 0.128. The molecule has 0 saturated heterocycles. The Morgan fingerprint density at radius 1 is 1.47 bits per heavy atom. The van der Waals surface area contributed by atoms with E-state index in [4.69, 9.17) is 4.74 Å². The van der Waals surface area contributed by atoms with Crippen LogP contribution in [-0.4, -0.2) is 37.2 Å². The maximum absolute atomic E-state index is 5.51. The van der Waals surface area contributed by atoms with Crippen LogP contribution in [0.25, 0.3) is 0 Å². The van der Waals surface area contributed by atoms with Gasteiger partial charge in [-0.25, -0.2) is 0 Å². The normalized spacial score (nSPS) is 16.6. The molecule has 0 saturated carbocycles. The van der Waals surface area contributed by atoms with Crippen molar-refractivity contribution in [2.45, 2.75) is 26.7 Å². The third-order valence-electron chi connectivity index (χ3n) is 2.16. The van der Waals surface area contributed by atoms with E-state index in [0.717, 1.165) is 43.8 Å². The number of hydrogen-bond acceptors (Lipinski definition) is 4. The molecule has 88 valence electrons. The average Bonchev–Trinajstić information content (AvgIpc) is 2.24. The second kappa shape index (κ2) is 7.99. The zero-order valence-electron chi connectivity index (χ0n) is 9.79. The number of thioether (sulfide) groups is 1. The molecule has 1 aliphatic heterocycles. The molecule has 0 aliphatic carbocycles. The lowest BCUT2D eigenvalue weighted by Crippen LogP contribution is -2.27. The van der Waals surface area contributed by atoms with Crippen LogP contribution < -0.4 is 5.32 Å². The van der Waals surface area contributed by atoms with E-state index in [0.29, 0.717) is 0 Å². The van der Waals surface area contributed by atoms with Crippen LogP contribution in [0.3, 0.4) is 0 Å². The summed E-state index contributed by atoms with van der Waals surface area (Å²) in [6.07, 6.45) is 2.36. The van der Waals surface area contributed by atoms with Crippen LogP contribution in [0.4, 0.5) is 0 Å². The molecule has 0 radical (unpaired) electrons. The van der Waals surface area contributed by atoms with E-state index < -0.39 is 0 Å². The first kappa shape index (κ1) is 12.8. The van der Waals surface area contributed by atoms with E-state index in [1.165, 1.54) is 12.2 Å². The molecule has 0 atom stereocenters. The maximum atomic E-state index is 5.51. The Bertz CT molecular complexity index is 195. The zero-order valence-corrected chi connectivity index (χ0v) is 10.6. The predicted octanol–water partition coefficient (Wildman–Crippen LogP) is 2.13. The molecule has 1 aliphatic rings. The van der Waals surface area contributed by atoms with Gasteiger partial charge in [0.1, 0.15) is 0 Å². The van der Waals surface area contributed by atoms with E-state index in [2.05, 4.69) is 24.2 Å². The number of hydrogen-bond donors (Lipinski definition) is 1. The van der Waals surface area contributed by atoms with Gasteiger partial charge in [0, 0.05) is 25.4 Å². The molecule has 0 aromatic carbocycles. The minimum Gasteiger partial charge on any atom is -0.380 e. The molecule has 1 rings (SSSR count). The Balaban J connectivity index is 1.90. The largest absolute Gasteiger partial charge is 0.380 e. The van der Waals surface area contributed by atoms with E-state index in [-0.39, 0.29) is 0 Å². The van der Waals surface area contributed by atoms with E-state index in [1.54, 1.807) is 0 Å². The second-order valence-corrected chi connectivity index (χ2v) is 5.19. The Kier molecular flexibility index (Phi) is 6.85. The first-order valence-electron chi connectivity index (χ1n) is 5.78. The van der Waals surface area contributed by atoms with Crippen LogP contribution in [0.1, 0.15) is 26.7 Å². The van der Waals surface area contributed by atoms with Gasteiger partial charge in [-0.2, -0.15) is 0 Å². The molecule has 1 N–H and O–H groups in total. The van der Waals surface area contributed by atoms with E-state index >= 15 is 0 Å². The molecule has 1 heterocycles. The summed E-state index contributed by atoms with van der Waals surface area (Å²) in [5.74, 6) is 1.93. The highest BCUT2D eigenvalue weighted by molar-refractivity contribution is 8.13. The highest BCUT2D eigenvalue weighted by Gasteiger charge is 2.03. The van der Waals surface area contributed by atoms with Gasteiger partial charge in [-0.05, 0) is 18.8 Å². The van der Waals surface area contributed by atoms with Crippen molar-refractivity contribution in [3.63, 3.8) is 0 Å². The number of rotatable bonds is 6. The van der Waals surface area contributed by atoms with Gasteiger partial charge in [0.15, 0.2) is 5.17 Å². The molecule has 4 heteroatoms. The van der Waals surface area contributed by atoms with Gasteiger partial charge in [0.2, 0.25) is 0 Å². The van der Waals surface area contributed by atoms with Crippen molar-refractivity contribution in [1.82, 2.24) is 5.32 Å². The molecule has 0 spiro atoms. The predicted molar refractivity (Wildman–Crippen MR) is 67.7 cm³/mol. The van der Waals surface area contributed by atoms with Gasteiger partial charge in [-0.15, -0.1) is 0 Å². The minimum atomic E-state index is 0.733. The molecule has 15 heavy (non-hydrogen) atoms. The molecular formula is C11H22N2OS. The summed E-state index contributed by atoms with van der Waals surface area (Å²) in [6.45, 7) is 7.95. The topological polar surface area (TPSA) is 33.6 Å². The molecule has 0 aromatic heterocycles. The number of ether oxygens (including phenoxy) is 1. The summed E-state index contributed by atoms with van der Waals surface area (Å²) in [5.41, 5.74) is 0. The van der Waals surface area contributed by atoms with Crippen LogP contribution in [0, 0.1) is 5.92 Å². The summed E-state index contributed by atoms with van der Waals surface area (Å²) in [7, 11) is 0. The van der Waals surface area contributed by atoms with Crippen molar-refractivity contribution in [2.75, 3.05) is 32.1 Å². The number of aliphatic imine (C=N–C) groups is 1. The van der Waals surface area contributed by atoms with Crippen molar-refractivity contribution in [1.29, 1.82) is 0 Å². The van der Waals surface area contributed by atoms with Crippen LogP contribution in [0.5, 0.6) is 0 Å². The van der Waals surface area contributed by atoms with Crippen molar-refractivity contribution in [2.24, 2.45) is 10.9 Å². The third-order valence-corrected chi connectivity index (χ3v) is 3.20. The Labute approximate surface area is 97.1 Å². The van der Waals surface area contributed by atoms with Crippen molar-refractivity contribution >= 4 is 16.9 Å². The SMILES string of the molecule is CC(C)CCOCCNC1=NCCCS1. The summed E-state index contributed by atoms with van der Waals surface area (Å²) in [6, 6.07) is 0. The molecule has 0 unspecified atom stereocenters. The van der Waals surface area contributed by atoms with Gasteiger partial charge in [0.25, 0.3) is 0 Å². The highest BCUT2D eigenvalue weighted by atomic mass is 32.2. The molecular weight excluding hydrogens is 208 g/mol. The van der Waals surface area contributed by atoms with Gasteiger partial charge in [-0.1, -0.05) is 25.6 Å². The maximum Gasteiger partial charge on any atom is 0.156 e. The van der Waals surface area contributed by atoms with Crippen LogP contribution in [0.15, 0.2) is 4.99 Å². The van der Waals surface area contributed by atoms with Crippen molar-refractivity contribution in [3.8, 4) is 0 Å². The van der Waals surface area contributed by atoms with E-state index in [1.807, 2.05) is 11.8 Å². The van der Waals surface area contributed by atoms with Gasteiger partial charge >= 0.3 is 0 Å². The Morgan fingerprint density at radius 3 is 3.00 bits per heavy atom. The van der Waals surface area contributed by atoms with Crippen molar-refractivity contribution in [3.05, 3.63) is 0 Å². The third kappa shape index (κ3) is 6.79. The van der Waals surface area contributed by atoms with E-state index in [9.17, 15) is 0 Å². The van der Waals surface area contributed by atoms with Crippen LogP contribution >= 0.6 is 11.8 Å². The molecule has 0 bridgehead atoms. The number of nitrogens with one attached hydrogen (secondary N) is 1. The summed E-state index contributed by atoms with van der Waals surface area (Å²) in [4.78, 5) is 4.39. The number of amidine groups is 1. The zero-order chi connectivity index (χ0) is 10.9. The first-order valence-corrected chi connectivity index (χ1v) is 6.76. The average molecular weight is 230 g/mol. The fraction of sp³-hybridized carbons (Fsp3) is 0.909. The number of nitrogens with zero attached hydrogens (tertiary/aromatic N) is 1. The summed E-state index contributed by atoms with van der Waals surface area (Å²) in [5, 5.41) is 4.39. The minimum absolute atomic E-state index is 0.733. The van der Waals surface area contributed by atoms with Crippen LogP contribution in [-0.2, 0) is 4.74 Å². The monoisotopic (exact) mass is 230 g/mol. The second-order valence-electron chi connectivity index (χ2n) is 4.11. The Hall–Kier alpha value is -0.220. The van der Waals surface area contributed by atoms with Gasteiger partial charge in [-0.3, -0.25) is 4.99 Å². The highest BCUT2D eigenvalue weighted by Crippen LogP contribution is 2.09. The molecule has 0 aromatic rings. The standard InChI is InChI=1S/C11H22N2OS/c1-10(2)4-7-14-8-6-13-11-12-5-3-9-15-11/h10H,3-9H2,1-2H3,(H,12,13). The molecule has 0 amide bonds. The lowest BCUT2D eigenvalue weighted by Gasteiger charge is -2.13. The fourth-order valence-electron chi connectivity index (χ4n) is 1.22. The van der Waals surface area contributed by atoms with Gasteiger partial charge < -0.3 is 10.1 Å². The summed E-state index contributed by atoms with van der Waals surface area (Å²) >= 11 is 1.82. The summed E-state index contributed by atoms with van der Waals surface area (Å²) < 4.78 is 5.51. The van der Waals surface area contributed by atoms with Crippen LogP contribution in [0.2, 0.25) is 0 Å². The van der Waals surface area contributed by atoms with Gasteiger partial charge in [0.05, 0.1) is 6.61 Å². The molecule has 0 fully saturated rings. The fourth-order valence-corrected chi connectivity index (χ4v) is 2.07. The molecule has 3 nitrogen and oxygen atoms in total.